The van der Waals surface area contributed by atoms with E-state index in [1.807, 2.05) is 0 Å². The third kappa shape index (κ3) is 8.45. The molecule has 0 aromatic carbocycles. The Morgan fingerprint density at radius 3 is 2.22 bits per heavy atom. The second-order valence-electron chi connectivity index (χ2n) is 7.10. The van der Waals surface area contributed by atoms with Crippen molar-refractivity contribution in [3.63, 3.8) is 0 Å². The van der Waals surface area contributed by atoms with Crippen LogP contribution in [0.4, 0.5) is 0 Å². The van der Waals surface area contributed by atoms with Gasteiger partial charge in [0.2, 0.25) is 0 Å². The van der Waals surface area contributed by atoms with E-state index in [0.717, 1.165) is 12.8 Å². The van der Waals surface area contributed by atoms with Gasteiger partial charge < -0.3 is 25.7 Å². The molecule has 1 aliphatic rings. The predicted molar refractivity (Wildman–Crippen MR) is 92.3 cm³/mol. The zero-order valence-corrected chi connectivity index (χ0v) is 14.7. The number of nitrogens with one attached hydrogen (secondary N) is 1. The fourth-order valence-corrected chi connectivity index (χ4v) is 3.45. The number of aliphatic hydroxyl groups is 4. The maximum absolute atomic E-state index is 10.1. The second kappa shape index (κ2) is 12.2. The third-order valence-corrected chi connectivity index (χ3v) is 4.93. The van der Waals surface area contributed by atoms with E-state index >= 15 is 0 Å². The first-order valence-electron chi connectivity index (χ1n) is 9.49. The third-order valence-electron chi connectivity index (χ3n) is 4.93. The van der Waals surface area contributed by atoms with Gasteiger partial charge in [-0.25, -0.2) is 0 Å². The molecule has 1 aliphatic heterocycles. The van der Waals surface area contributed by atoms with Gasteiger partial charge >= 0.3 is 0 Å². The van der Waals surface area contributed by atoms with E-state index in [9.17, 15) is 20.4 Å². The van der Waals surface area contributed by atoms with Gasteiger partial charge in [-0.1, -0.05) is 58.3 Å². The van der Waals surface area contributed by atoms with Crippen molar-refractivity contribution in [1.82, 2.24) is 5.32 Å². The van der Waals surface area contributed by atoms with Gasteiger partial charge in [-0.15, -0.1) is 0 Å². The Kier molecular flexibility index (Phi) is 11.1. The molecule has 5 atom stereocenters. The highest BCUT2D eigenvalue weighted by Crippen LogP contribution is 2.20. The Morgan fingerprint density at radius 1 is 1.00 bits per heavy atom. The second-order valence-corrected chi connectivity index (χ2v) is 7.10. The van der Waals surface area contributed by atoms with Gasteiger partial charge in [0, 0.05) is 6.04 Å². The summed E-state index contributed by atoms with van der Waals surface area (Å²) in [7, 11) is 0. The van der Waals surface area contributed by atoms with Gasteiger partial charge in [0.15, 0.2) is 0 Å². The number of aliphatic hydroxyl groups excluding tert-OH is 4. The molecule has 0 aliphatic carbocycles. The minimum Gasteiger partial charge on any atom is -0.395 e. The maximum atomic E-state index is 10.1. The minimum absolute atomic E-state index is 0.0467. The topological polar surface area (TPSA) is 93.0 Å². The quantitative estimate of drug-likeness (QED) is 0.351. The summed E-state index contributed by atoms with van der Waals surface area (Å²) in [6, 6.07) is -0.548. The van der Waals surface area contributed by atoms with Crippen molar-refractivity contribution in [3.8, 4) is 0 Å². The number of hydrogen-bond donors (Lipinski definition) is 5. The van der Waals surface area contributed by atoms with Crippen LogP contribution in [0.15, 0.2) is 0 Å². The van der Waals surface area contributed by atoms with E-state index < -0.39 is 18.2 Å². The lowest BCUT2D eigenvalue weighted by Crippen LogP contribution is -2.59. The van der Waals surface area contributed by atoms with Gasteiger partial charge in [0.25, 0.3) is 0 Å². The van der Waals surface area contributed by atoms with Crippen molar-refractivity contribution in [3.05, 3.63) is 0 Å². The molecule has 0 amide bonds. The van der Waals surface area contributed by atoms with Crippen LogP contribution in [-0.4, -0.2) is 57.4 Å². The lowest BCUT2D eigenvalue weighted by molar-refractivity contribution is -0.0559. The molecule has 1 fully saturated rings. The van der Waals surface area contributed by atoms with Crippen LogP contribution in [-0.2, 0) is 0 Å². The maximum Gasteiger partial charge on any atom is 0.0974 e. The summed E-state index contributed by atoms with van der Waals surface area (Å²) in [4.78, 5) is 0. The Labute approximate surface area is 141 Å². The van der Waals surface area contributed by atoms with E-state index in [4.69, 9.17) is 0 Å². The summed E-state index contributed by atoms with van der Waals surface area (Å²) in [6.45, 7) is 2.02. The molecule has 5 N–H and O–H groups in total. The zero-order valence-electron chi connectivity index (χ0n) is 14.7. The molecule has 0 aromatic heterocycles. The van der Waals surface area contributed by atoms with Gasteiger partial charge in [0.1, 0.15) is 0 Å². The van der Waals surface area contributed by atoms with Crippen molar-refractivity contribution in [2.24, 2.45) is 0 Å². The SMILES string of the molecule is CCCCCCCCCC[C@@H](O)C[C@@H]1C[C@@H](O)[C@H](O)[C@H](CO)N1. The first-order valence-corrected chi connectivity index (χ1v) is 9.49. The van der Waals surface area contributed by atoms with Crippen molar-refractivity contribution in [2.75, 3.05) is 6.61 Å². The Bertz CT molecular complexity index is 290. The Hall–Kier alpha value is -0.200. The summed E-state index contributed by atoms with van der Waals surface area (Å²) < 4.78 is 0. The molecule has 1 rings (SSSR count). The van der Waals surface area contributed by atoms with E-state index in [0.29, 0.717) is 12.8 Å². The van der Waals surface area contributed by atoms with Gasteiger partial charge in [0.05, 0.1) is 31.0 Å². The number of hydrogen-bond acceptors (Lipinski definition) is 5. The Morgan fingerprint density at radius 2 is 1.61 bits per heavy atom. The molecular weight excluding hydrogens is 294 g/mol. The largest absolute Gasteiger partial charge is 0.395 e. The van der Waals surface area contributed by atoms with Crippen LogP contribution >= 0.6 is 0 Å². The van der Waals surface area contributed by atoms with Crippen LogP contribution < -0.4 is 5.32 Å². The molecular formula is C18H37NO4. The predicted octanol–water partition coefficient (Wildman–Crippen LogP) is 1.71. The molecule has 138 valence electrons. The van der Waals surface area contributed by atoms with Crippen molar-refractivity contribution < 1.29 is 20.4 Å². The highest BCUT2D eigenvalue weighted by atomic mass is 16.3. The fourth-order valence-electron chi connectivity index (χ4n) is 3.45. The number of piperidine rings is 1. The van der Waals surface area contributed by atoms with Gasteiger partial charge in [-0.05, 0) is 19.3 Å². The molecule has 5 heteroatoms. The molecule has 23 heavy (non-hydrogen) atoms. The molecule has 1 saturated heterocycles. The molecule has 0 saturated carbocycles. The average Bonchev–Trinajstić information content (AvgIpc) is 2.53. The first kappa shape index (κ1) is 20.8. The van der Waals surface area contributed by atoms with E-state index in [-0.39, 0.29) is 18.8 Å². The van der Waals surface area contributed by atoms with Crippen LogP contribution in [0.25, 0.3) is 0 Å². The standard InChI is InChI=1S/C18H37NO4/c1-2-3-4-5-6-7-8-9-10-15(21)11-14-12-17(22)18(23)16(13-20)19-14/h14-23H,2-13H2,1H3/t14-,15-,16+,17-,18-/m1/s1. The molecule has 0 bridgehead atoms. The zero-order chi connectivity index (χ0) is 17.1. The summed E-state index contributed by atoms with van der Waals surface area (Å²) in [5.41, 5.74) is 0. The fraction of sp³-hybridized carbons (Fsp3) is 1.00. The summed E-state index contributed by atoms with van der Waals surface area (Å²) in [5, 5.41) is 42.0. The molecule has 0 aromatic rings. The normalized spacial score (nSPS) is 29.6. The monoisotopic (exact) mass is 331 g/mol. The van der Waals surface area contributed by atoms with Crippen LogP contribution in [0.1, 0.15) is 77.6 Å². The number of rotatable bonds is 12. The van der Waals surface area contributed by atoms with E-state index in [1.165, 1.54) is 44.9 Å². The van der Waals surface area contributed by atoms with Crippen LogP contribution in [0, 0.1) is 0 Å². The lowest BCUT2D eigenvalue weighted by atomic mass is 9.89. The minimum atomic E-state index is -0.930. The first-order chi connectivity index (χ1) is 11.1. The molecule has 0 unspecified atom stereocenters. The molecule has 0 spiro atoms. The van der Waals surface area contributed by atoms with Gasteiger partial charge in [-0.2, -0.15) is 0 Å². The van der Waals surface area contributed by atoms with Crippen LogP contribution in [0.3, 0.4) is 0 Å². The molecule has 1 heterocycles. The summed E-state index contributed by atoms with van der Waals surface area (Å²) in [6.07, 6.45) is 9.67. The van der Waals surface area contributed by atoms with E-state index in [1.54, 1.807) is 0 Å². The van der Waals surface area contributed by atoms with Crippen LogP contribution in [0.2, 0.25) is 0 Å². The highest BCUT2D eigenvalue weighted by Gasteiger charge is 2.35. The summed E-state index contributed by atoms with van der Waals surface area (Å²) >= 11 is 0. The van der Waals surface area contributed by atoms with Crippen LogP contribution in [0.5, 0.6) is 0 Å². The average molecular weight is 331 g/mol. The smallest absolute Gasteiger partial charge is 0.0974 e. The highest BCUT2D eigenvalue weighted by molar-refractivity contribution is 4.92. The van der Waals surface area contributed by atoms with E-state index in [2.05, 4.69) is 12.2 Å². The molecule has 0 radical (unpaired) electrons. The van der Waals surface area contributed by atoms with Crippen molar-refractivity contribution in [1.29, 1.82) is 0 Å². The van der Waals surface area contributed by atoms with Crippen molar-refractivity contribution >= 4 is 0 Å². The number of unbranched alkanes of at least 4 members (excludes halogenated alkanes) is 7. The molecule has 5 nitrogen and oxygen atoms in total. The van der Waals surface area contributed by atoms with Crippen molar-refractivity contribution in [2.45, 2.75) is 108 Å². The Balaban J connectivity index is 2.08. The van der Waals surface area contributed by atoms with Gasteiger partial charge in [-0.3, -0.25) is 0 Å². The summed E-state index contributed by atoms with van der Waals surface area (Å²) in [5.74, 6) is 0. The lowest BCUT2D eigenvalue weighted by Gasteiger charge is -2.38.